The summed E-state index contributed by atoms with van der Waals surface area (Å²) in [4.78, 5) is 19.5. The highest BCUT2D eigenvalue weighted by Crippen LogP contribution is 2.41. The number of hydrogen-bond donors (Lipinski definition) is 0. The number of hydrogen-bond acceptors (Lipinski definition) is 6. The standard InChI is InChI=1S/C25H22N4O4S/c1-17-2-8-21(9-3-17)34(31,32)28-15-20(16-28)25(30)29-10-11-33-24-22(13-27-14-23(24)29)19-6-4-18(12-26)5-7-19/h2-9,13-14,20H,10-11,15-16H2,1H3. The predicted octanol–water partition coefficient (Wildman–Crippen LogP) is 2.97. The van der Waals surface area contributed by atoms with Crippen LogP contribution in [-0.2, 0) is 14.8 Å². The average molecular weight is 475 g/mol. The van der Waals surface area contributed by atoms with Crippen LogP contribution in [0.1, 0.15) is 11.1 Å². The van der Waals surface area contributed by atoms with E-state index in [0.717, 1.165) is 16.7 Å². The summed E-state index contributed by atoms with van der Waals surface area (Å²) in [5.41, 5.74) is 3.66. The number of nitrogens with zero attached hydrogens (tertiary/aromatic N) is 4. The van der Waals surface area contributed by atoms with E-state index >= 15 is 0 Å². The van der Waals surface area contributed by atoms with Gasteiger partial charge in [0.05, 0.1) is 35.2 Å². The van der Waals surface area contributed by atoms with E-state index in [9.17, 15) is 13.2 Å². The summed E-state index contributed by atoms with van der Waals surface area (Å²) in [6.07, 6.45) is 3.27. The van der Waals surface area contributed by atoms with Crippen LogP contribution in [0.2, 0.25) is 0 Å². The molecule has 8 nitrogen and oxygen atoms in total. The Morgan fingerprint density at radius 1 is 1.09 bits per heavy atom. The summed E-state index contributed by atoms with van der Waals surface area (Å²) in [7, 11) is -3.62. The highest BCUT2D eigenvalue weighted by atomic mass is 32.2. The third kappa shape index (κ3) is 3.81. The molecule has 0 N–H and O–H groups in total. The van der Waals surface area contributed by atoms with Crippen LogP contribution in [0.3, 0.4) is 0 Å². The van der Waals surface area contributed by atoms with Gasteiger partial charge in [-0.15, -0.1) is 0 Å². The molecule has 1 fully saturated rings. The quantitative estimate of drug-likeness (QED) is 0.576. The first kappa shape index (κ1) is 22.1. The maximum absolute atomic E-state index is 13.3. The van der Waals surface area contributed by atoms with Gasteiger partial charge in [0.15, 0.2) is 5.75 Å². The highest BCUT2D eigenvalue weighted by Gasteiger charge is 2.43. The van der Waals surface area contributed by atoms with Gasteiger partial charge in [0, 0.05) is 24.8 Å². The first-order valence-corrected chi connectivity index (χ1v) is 12.3. The Morgan fingerprint density at radius 2 is 1.79 bits per heavy atom. The number of ether oxygens (including phenoxy) is 1. The van der Waals surface area contributed by atoms with Gasteiger partial charge in [-0.1, -0.05) is 29.8 Å². The van der Waals surface area contributed by atoms with Crippen LogP contribution < -0.4 is 9.64 Å². The number of aryl methyl sites for hydroxylation is 1. The lowest BCUT2D eigenvalue weighted by molar-refractivity contribution is -0.125. The Labute approximate surface area is 198 Å². The van der Waals surface area contributed by atoms with Gasteiger partial charge in [-0.3, -0.25) is 9.78 Å². The molecule has 3 heterocycles. The highest BCUT2D eigenvalue weighted by molar-refractivity contribution is 7.89. The van der Waals surface area contributed by atoms with E-state index in [-0.39, 0.29) is 23.9 Å². The van der Waals surface area contributed by atoms with Crippen LogP contribution in [0.15, 0.2) is 65.8 Å². The molecule has 0 saturated carbocycles. The minimum absolute atomic E-state index is 0.140. The van der Waals surface area contributed by atoms with E-state index in [1.165, 1.54) is 4.31 Å². The average Bonchev–Trinajstić information content (AvgIpc) is 2.82. The zero-order chi connectivity index (χ0) is 23.9. The van der Waals surface area contributed by atoms with Crippen molar-refractivity contribution in [1.29, 1.82) is 5.26 Å². The third-order valence-electron chi connectivity index (χ3n) is 6.18. The number of fused-ring (bicyclic) bond motifs is 1. The number of benzene rings is 2. The van der Waals surface area contributed by atoms with E-state index in [1.807, 2.05) is 19.1 Å². The van der Waals surface area contributed by atoms with Gasteiger partial charge < -0.3 is 9.64 Å². The third-order valence-corrected chi connectivity index (χ3v) is 8.02. The van der Waals surface area contributed by atoms with Gasteiger partial charge in [-0.25, -0.2) is 8.42 Å². The molecule has 3 aromatic rings. The minimum atomic E-state index is -3.62. The molecule has 0 spiro atoms. The van der Waals surface area contributed by atoms with Crippen molar-refractivity contribution in [3.05, 3.63) is 72.1 Å². The van der Waals surface area contributed by atoms with Gasteiger partial charge in [0.2, 0.25) is 15.9 Å². The van der Waals surface area contributed by atoms with Crippen molar-refractivity contribution >= 4 is 21.6 Å². The number of nitriles is 1. The maximum atomic E-state index is 13.3. The molecule has 0 aliphatic carbocycles. The van der Waals surface area contributed by atoms with Gasteiger partial charge in [-0.05, 0) is 36.8 Å². The second kappa shape index (κ2) is 8.56. The molecule has 1 aromatic heterocycles. The predicted molar refractivity (Wildman–Crippen MR) is 126 cm³/mol. The van der Waals surface area contributed by atoms with Crippen molar-refractivity contribution in [2.75, 3.05) is 31.1 Å². The summed E-state index contributed by atoms with van der Waals surface area (Å²) in [5, 5.41) is 9.04. The molecule has 2 aliphatic rings. The molecule has 0 radical (unpaired) electrons. The lowest BCUT2D eigenvalue weighted by atomic mass is 10.00. The smallest absolute Gasteiger partial charge is 0.243 e. The molecule has 0 bridgehead atoms. The van der Waals surface area contributed by atoms with Gasteiger partial charge in [-0.2, -0.15) is 9.57 Å². The van der Waals surface area contributed by atoms with E-state index in [2.05, 4.69) is 11.1 Å². The van der Waals surface area contributed by atoms with Crippen LogP contribution in [0.4, 0.5) is 5.69 Å². The van der Waals surface area contributed by atoms with Crippen molar-refractivity contribution in [2.24, 2.45) is 5.92 Å². The molecule has 172 valence electrons. The van der Waals surface area contributed by atoms with Crippen molar-refractivity contribution in [2.45, 2.75) is 11.8 Å². The van der Waals surface area contributed by atoms with Crippen molar-refractivity contribution in [1.82, 2.24) is 9.29 Å². The number of anilines is 1. The summed E-state index contributed by atoms with van der Waals surface area (Å²) in [5.74, 6) is -0.00816. The fourth-order valence-electron chi connectivity index (χ4n) is 4.17. The van der Waals surface area contributed by atoms with Crippen molar-refractivity contribution in [3.8, 4) is 22.9 Å². The molecule has 9 heteroatoms. The Balaban J connectivity index is 1.35. The molecule has 0 atom stereocenters. The van der Waals surface area contributed by atoms with E-state index in [1.54, 1.807) is 53.7 Å². The first-order chi connectivity index (χ1) is 16.4. The van der Waals surface area contributed by atoms with Crippen LogP contribution in [0.25, 0.3) is 11.1 Å². The molecular weight excluding hydrogens is 452 g/mol. The lowest BCUT2D eigenvalue weighted by Crippen LogP contribution is -2.57. The van der Waals surface area contributed by atoms with Crippen LogP contribution in [0.5, 0.6) is 5.75 Å². The Morgan fingerprint density at radius 3 is 2.47 bits per heavy atom. The second-order valence-corrected chi connectivity index (χ2v) is 10.3. The van der Waals surface area contributed by atoms with Crippen molar-refractivity contribution in [3.63, 3.8) is 0 Å². The van der Waals surface area contributed by atoms with Gasteiger partial charge in [0.25, 0.3) is 0 Å². The zero-order valence-electron chi connectivity index (χ0n) is 18.5. The normalized spacial score (nSPS) is 16.2. The first-order valence-electron chi connectivity index (χ1n) is 10.9. The number of carbonyl (C=O) groups is 1. The molecular formula is C25H22N4O4S. The lowest BCUT2D eigenvalue weighted by Gasteiger charge is -2.40. The van der Waals surface area contributed by atoms with Crippen LogP contribution in [0, 0.1) is 24.2 Å². The van der Waals surface area contributed by atoms with E-state index in [4.69, 9.17) is 10.00 Å². The monoisotopic (exact) mass is 474 g/mol. The summed E-state index contributed by atoms with van der Waals surface area (Å²) < 4.78 is 33.0. The molecule has 1 amide bonds. The SMILES string of the molecule is Cc1ccc(S(=O)(=O)N2CC(C(=O)N3CCOc4c(-c5ccc(C#N)cc5)cncc43)C2)cc1. The number of carbonyl (C=O) groups excluding carboxylic acids is 1. The number of aromatic nitrogens is 1. The minimum Gasteiger partial charge on any atom is -0.489 e. The van der Waals surface area contributed by atoms with Crippen molar-refractivity contribution < 1.29 is 17.9 Å². The topological polar surface area (TPSA) is 104 Å². The molecule has 2 aromatic carbocycles. The largest absolute Gasteiger partial charge is 0.489 e. The summed E-state index contributed by atoms with van der Waals surface area (Å²) in [6.45, 7) is 2.88. The maximum Gasteiger partial charge on any atom is 0.243 e. The molecule has 2 aliphatic heterocycles. The van der Waals surface area contributed by atoms with Crippen LogP contribution >= 0.6 is 0 Å². The molecule has 34 heavy (non-hydrogen) atoms. The summed E-state index contributed by atoms with van der Waals surface area (Å²) >= 11 is 0. The summed E-state index contributed by atoms with van der Waals surface area (Å²) in [6, 6.07) is 15.9. The fourth-order valence-corrected chi connectivity index (χ4v) is 5.70. The van der Waals surface area contributed by atoms with Gasteiger partial charge in [0.1, 0.15) is 12.3 Å². The molecule has 5 rings (SSSR count). The Bertz CT molecular complexity index is 1390. The number of rotatable bonds is 4. The number of pyridine rings is 1. The second-order valence-electron chi connectivity index (χ2n) is 8.39. The number of sulfonamides is 1. The van der Waals surface area contributed by atoms with Gasteiger partial charge >= 0.3 is 0 Å². The molecule has 0 unspecified atom stereocenters. The molecule has 1 saturated heterocycles. The zero-order valence-corrected chi connectivity index (χ0v) is 19.3. The van der Waals surface area contributed by atoms with E-state index in [0.29, 0.717) is 30.2 Å². The van der Waals surface area contributed by atoms with Crippen LogP contribution in [-0.4, -0.2) is 49.9 Å². The number of amides is 1. The van der Waals surface area contributed by atoms with E-state index < -0.39 is 15.9 Å². The Kier molecular flexibility index (Phi) is 5.55. The fraction of sp³-hybridized carbons (Fsp3) is 0.240. The Hall–Kier alpha value is -3.74.